The van der Waals surface area contributed by atoms with Crippen molar-refractivity contribution in [2.24, 2.45) is 0 Å². The second-order valence-corrected chi connectivity index (χ2v) is 3.79. The average Bonchev–Trinajstić information content (AvgIpc) is 2.23. The maximum Gasteiger partial charge on any atom is 0.0196 e. The fraction of sp³-hybridized carbons (Fsp3) is 0.0769. The molecule has 0 atom stereocenters. The van der Waals surface area contributed by atoms with E-state index in [9.17, 15) is 0 Å². The van der Waals surface area contributed by atoms with E-state index in [4.69, 9.17) is 12.2 Å². The van der Waals surface area contributed by atoms with Gasteiger partial charge in [-0.25, -0.2) is 0 Å². The van der Waals surface area contributed by atoms with Gasteiger partial charge in [0.1, 0.15) is 0 Å². The van der Waals surface area contributed by atoms with Gasteiger partial charge < -0.3 is 0 Å². The maximum absolute atomic E-state index is 5.08. The zero-order chi connectivity index (χ0) is 9.80. The van der Waals surface area contributed by atoms with Crippen molar-refractivity contribution in [3.63, 3.8) is 0 Å². The molecule has 0 heterocycles. The van der Waals surface area contributed by atoms with Gasteiger partial charge in [-0.1, -0.05) is 54.7 Å². The van der Waals surface area contributed by atoms with Crippen molar-refractivity contribution in [1.82, 2.24) is 0 Å². The Hall–Kier alpha value is -1.21. The normalized spacial score (nSPS) is 15.4. The van der Waals surface area contributed by atoms with Crippen LogP contribution in [0.5, 0.6) is 0 Å². The standard InChI is InChI=1S/C13H11S/c14-13-8-6-12(7-9-13)10-11-4-2-1-3-5-11/h1-8,10H,9H2. The van der Waals surface area contributed by atoms with Crippen LogP contribution in [0.1, 0.15) is 12.0 Å². The van der Waals surface area contributed by atoms with E-state index >= 15 is 0 Å². The monoisotopic (exact) mass is 199 g/mol. The summed E-state index contributed by atoms with van der Waals surface area (Å²) < 4.78 is 0. The molecule has 0 fully saturated rings. The van der Waals surface area contributed by atoms with Crippen LogP contribution in [0.2, 0.25) is 0 Å². The van der Waals surface area contributed by atoms with E-state index in [0.29, 0.717) is 0 Å². The Balaban J connectivity index is 2.06. The van der Waals surface area contributed by atoms with Gasteiger partial charge in [0.2, 0.25) is 0 Å². The van der Waals surface area contributed by atoms with Gasteiger partial charge >= 0.3 is 0 Å². The minimum Gasteiger partial charge on any atom is -0.0846 e. The number of hydrogen-bond acceptors (Lipinski definition) is 1. The molecule has 0 unspecified atom stereocenters. The summed E-state index contributed by atoms with van der Waals surface area (Å²) in [6.07, 6.45) is 9.29. The van der Waals surface area contributed by atoms with Gasteiger partial charge in [0.05, 0.1) is 0 Å². The van der Waals surface area contributed by atoms with E-state index in [2.05, 4.69) is 30.7 Å². The molecule has 1 radical (unpaired) electrons. The Morgan fingerprint density at radius 3 is 2.50 bits per heavy atom. The van der Waals surface area contributed by atoms with Crippen molar-refractivity contribution >= 4 is 17.1 Å². The van der Waals surface area contributed by atoms with E-state index in [1.54, 1.807) is 0 Å². The van der Waals surface area contributed by atoms with Crippen molar-refractivity contribution in [1.29, 1.82) is 0 Å². The first-order chi connectivity index (χ1) is 6.84. The lowest BCUT2D eigenvalue weighted by atomic mass is 10.00. The van der Waals surface area contributed by atoms with Gasteiger partial charge in [0.15, 0.2) is 0 Å². The summed E-state index contributed by atoms with van der Waals surface area (Å²) in [6.45, 7) is 0. The Kier molecular flexibility index (Phi) is 2.90. The lowest BCUT2D eigenvalue weighted by Crippen LogP contribution is -1.95. The van der Waals surface area contributed by atoms with E-state index in [0.717, 1.165) is 11.3 Å². The SMILES string of the molecule is S=C1C=CC([CH]c2ccccc2)=CC1. The summed E-state index contributed by atoms with van der Waals surface area (Å²) >= 11 is 5.08. The second kappa shape index (κ2) is 4.34. The molecule has 0 N–H and O–H groups in total. The molecule has 1 aromatic carbocycles. The molecule has 69 valence electrons. The van der Waals surface area contributed by atoms with Gasteiger partial charge in [-0.15, -0.1) is 0 Å². The molecular formula is C13H11S. The Morgan fingerprint density at radius 1 is 1.07 bits per heavy atom. The highest BCUT2D eigenvalue weighted by atomic mass is 32.1. The third-order valence-corrected chi connectivity index (χ3v) is 2.44. The summed E-state index contributed by atoms with van der Waals surface area (Å²) in [4.78, 5) is 1.01. The summed E-state index contributed by atoms with van der Waals surface area (Å²) in [5.41, 5.74) is 2.47. The zero-order valence-electron chi connectivity index (χ0n) is 7.81. The lowest BCUT2D eigenvalue weighted by Gasteiger charge is -2.06. The highest BCUT2D eigenvalue weighted by Crippen LogP contribution is 2.16. The molecule has 1 aliphatic rings. The molecule has 0 saturated carbocycles. The van der Waals surface area contributed by atoms with Crippen molar-refractivity contribution < 1.29 is 0 Å². The van der Waals surface area contributed by atoms with Crippen LogP contribution in [-0.4, -0.2) is 4.86 Å². The van der Waals surface area contributed by atoms with Crippen LogP contribution in [-0.2, 0) is 0 Å². The average molecular weight is 199 g/mol. The van der Waals surface area contributed by atoms with Crippen molar-refractivity contribution in [2.75, 3.05) is 0 Å². The first-order valence-corrected chi connectivity index (χ1v) is 5.06. The van der Waals surface area contributed by atoms with Crippen LogP contribution in [0.15, 0.2) is 54.1 Å². The van der Waals surface area contributed by atoms with Gasteiger partial charge in [0, 0.05) is 17.7 Å². The van der Waals surface area contributed by atoms with Gasteiger partial charge in [-0.05, 0) is 17.2 Å². The molecule has 0 aromatic heterocycles. The largest absolute Gasteiger partial charge is 0.0846 e. The number of benzene rings is 1. The summed E-state index contributed by atoms with van der Waals surface area (Å²) in [5, 5.41) is 0. The Labute approximate surface area is 90.0 Å². The quantitative estimate of drug-likeness (QED) is 0.657. The van der Waals surface area contributed by atoms with E-state index in [1.807, 2.05) is 24.3 Å². The summed E-state index contributed by atoms with van der Waals surface area (Å²) in [7, 11) is 0. The molecule has 0 amide bonds. The molecule has 1 aromatic rings. The molecule has 0 nitrogen and oxygen atoms in total. The molecule has 0 saturated heterocycles. The van der Waals surface area contributed by atoms with Gasteiger partial charge in [-0.3, -0.25) is 0 Å². The van der Waals surface area contributed by atoms with E-state index < -0.39 is 0 Å². The minimum absolute atomic E-state index is 0.893. The molecule has 14 heavy (non-hydrogen) atoms. The van der Waals surface area contributed by atoms with Crippen molar-refractivity contribution in [3.8, 4) is 0 Å². The van der Waals surface area contributed by atoms with Crippen molar-refractivity contribution in [3.05, 3.63) is 66.1 Å². The van der Waals surface area contributed by atoms with Crippen LogP contribution < -0.4 is 0 Å². The first kappa shape index (κ1) is 9.35. The highest BCUT2D eigenvalue weighted by Gasteiger charge is 2.01. The zero-order valence-corrected chi connectivity index (χ0v) is 8.63. The number of allylic oxidation sites excluding steroid dienone is 4. The second-order valence-electron chi connectivity index (χ2n) is 3.26. The number of rotatable bonds is 2. The van der Waals surface area contributed by atoms with E-state index in [1.165, 1.54) is 11.1 Å². The summed E-state index contributed by atoms with van der Waals surface area (Å²) in [5.74, 6) is 0. The number of hydrogen-bond donors (Lipinski definition) is 0. The third-order valence-electron chi connectivity index (χ3n) is 2.13. The van der Waals surface area contributed by atoms with E-state index in [-0.39, 0.29) is 0 Å². The molecule has 1 heteroatoms. The van der Waals surface area contributed by atoms with Crippen LogP contribution in [0, 0.1) is 6.42 Å². The molecule has 2 rings (SSSR count). The maximum atomic E-state index is 5.08. The molecule has 0 aliphatic heterocycles. The van der Waals surface area contributed by atoms with Crippen molar-refractivity contribution in [2.45, 2.75) is 6.42 Å². The first-order valence-electron chi connectivity index (χ1n) is 4.65. The molecule has 0 spiro atoms. The Bertz CT molecular complexity index is 385. The molecular weight excluding hydrogens is 188 g/mol. The topological polar surface area (TPSA) is 0 Å². The minimum atomic E-state index is 0.893. The summed E-state index contributed by atoms with van der Waals surface area (Å²) in [6, 6.07) is 10.3. The Morgan fingerprint density at radius 2 is 1.86 bits per heavy atom. The van der Waals surface area contributed by atoms with Gasteiger partial charge in [-0.2, -0.15) is 0 Å². The smallest absolute Gasteiger partial charge is 0.0196 e. The van der Waals surface area contributed by atoms with Crippen LogP contribution in [0.25, 0.3) is 0 Å². The lowest BCUT2D eigenvalue weighted by molar-refractivity contribution is 1.37. The molecule has 0 bridgehead atoms. The third kappa shape index (κ3) is 2.39. The van der Waals surface area contributed by atoms with Crippen LogP contribution in [0.4, 0.5) is 0 Å². The molecule has 1 aliphatic carbocycles. The van der Waals surface area contributed by atoms with Crippen LogP contribution in [0.3, 0.4) is 0 Å². The fourth-order valence-corrected chi connectivity index (χ4v) is 1.54. The number of thiocarbonyl (C=S) groups is 1. The predicted molar refractivity (Wildman–Crippen MR) is 64.3 cm³/mol. The van der Waals surface area contributed by atoms with Crippen LogP contribution >= 0.6 is 12.2 Å². The fourth-order valence-electron chi connectivity index (χ4n) is 1.39. The highest BCUT2D eigenvalue weighted by molar-refractivity contribution is 7.80. The van der Waals surface area contributed by atoms with Gasteiger partial charge in [0.25, 0.3) is 0 Å². The predicted octanol–water partition coefficient (Wildman–Crippen LogP) is 3.50.